The molecule has 136 valence electrons. The number of carbonyl (C=O) groups excluding carboxylic acids is 2. The maximum Gasteiger partial charge on any atom is 0.306 e. The Morgan fingerprint density at radius 3 is 2.20 bits per heavy atom. The zero-order valence-electron chi connectivity index (χ0n) is 15.1. The summed E-state index contributed by atoms with van der Waals surface area (Å²) in [4.78, 5) is 24.4. The van der Waals surface area contributed by atoms with E-state index in [1.165, 1.54) is 19.3 Å². The van der Waals surface area contributed by atoms with Crippen LogP contribution >= 0.6 is 0 Å². The van der Waals surface area contributed by atoms with Crippen LogP contribution in [0.2, 0.25) is 0 Å². The Bertz CT molecular complexity index is 584. The van der Waals surface area contributed by atoms with Gasteiger partial charge in [0.15, 0.2) is 6.61 Å². The van der Waals surface area contributed by atoms with Crippen LogP contribution in [0.15, 0.2) is 0 Å². The van der Waals surface area contributed by atoms with E-state index in [4.69, 9.17) is 4.74 Å². The number of nitrogens with one attached hydrogen (secondary N) is 1. The minimum Gasteiger partial charge on any atom is -0.456 e. The van der Waals surface area contributed by atoms with E-state index < -0.39 is 5.54 Å². The predicted molar refractivity (Wildman–Crippen MR) is 91.1 cm³/mol. The van der Waals surface area contributed by atoms with Gasteiger partial charge in [-0.05, 0) is 87.4 Å². The maximum atomic E-state index is 12.3. The number of rotatable bonds is 6. The van der Waals surface area contributed by atoms with E-state index in [2.05, 4.69) is 11.4 Å². The lowest BCUT2D eigenvalue weighted by molar-refractivity contribution is -0.155. The van der Waals surface area contributed by atoms with Crippen molar-refractivity contribution in [1.82, 2.24) is 5.32 Å². The molecule has 1 amide bonds. The highest BCUT2D eigenvalue weighted by Gasteiger charge is 2.51. The summed E-state index contributed by atoms with van der Waals surface area (Å²) in [6, 6.07) is 2.19. The maximum absolute atomic E-state index is 12.3. The lowest BCUT2D eigenvalue weighted by Gasteiger charge is -2.56. The Morgan fingerprint density at radius 2 is 1.72 bits per heavy atom. The van der Waals surface area contributed by atoms with Crippen molar-refractivity contribution in [1.29, 1.82) is 5.26 Å². The molecule has 1 N–H and O–H groups in total. The van der Waals surface area contributed by atoms with Crippen molar-refractivity contribution < 1.29 is 14.3 Å². The van der Waals surface area contributed by atoms with Gasteiger partial charge in [-0.3, -0.25) is 9.59 Å². The predicted octanol–water partition coefficient (Wildman–Crippen LogP) is 2.94. The molecule has 0 unspecified atom stereocenters. The van der Waals surface area contributed by atoms with Crippen LogP contribution in [0.3, 0.4) is 0 Å². The van der Waals surface area contributed by atoms with Crippen LogP contribution in [0.25, 0.3) is 0 Å². The summed E-state index contributed by atoms with van der Waals surface area (Å²) in [6.45, 7) is 1.48. The summed E-state index contributed by atoms with van der Waals surface area (Å²) < 4.78 is 5.27. The zero-order valence-corrected chi connectivity index (χ0v) is 15.1. The average molecular weight is 344 g/mol. The molecule has 0 aromatic heterocycles. The number of hydrogen-bond donors (Lipinski definition) is 1. The van der Waals surface area contributed by atoms with E-state index in [1.807, 2.05) is 0 Å². The Hall–Kier alpha value is -1.57. The Kier molecular flexibility index (Phi) is 4.05. The molecule has 4 bridgehead atoms. The largest absolute Gasteiger partial charge is 0.456 e. The highest BCUT2D eigenvalue weighted by atomic mass is 16.5. The fraction of sp³-hybridized carbons (Fsp3) is 0.850. The lowest BCUT2D eigenvalue weighted by Crippen LogP contribution is -2.49. The molecular formula is C20H28N2O3. The standard InChI is InChI=1S/C20H28N2O3/c1-19(12-21,16-2-3-16)22-17(23)11-25-18(24)10-20-7-13-4-14(8-20)6-15(5-13)9-20/h13-16H,2-11H2,1H3,(H,22,23)/t13?,14?,15?,19-,20?/m1/s1. The first-order valence-corrected chi connectivity index (χ1v) is 9.78. The third-order valence-corrected chi connectivity index (χ3v) is 7.07. The number of carbonyl (C=O) groups is 2. The molecule has 5 rings (SSSR count). The van der Waals surface area contributed by atoms with Crippen LogP contribution in [0, 0.1) is 40.4 Å². The number of amides is 1. The van der Waals surface area contributed by atoms with Crippen LogP contribution in [-0.2, 0) is 14.3 Å². The molecule has 0 radical (unpaired) electrons. The van der Waals surface area contributed by atoms with Gasteiger partial charge in [0.1, 0.15) is 5.54 Å². The minimum atomic E-state index is -0.830. The minimum absolute atomic E-state index is 0.136. The third kappa shape index (κ3) is 3.41. The van der Waals surface area contributed by atoms with Crippen molar-refractivity contribution in [3.63, 3.8) is 0 Å². The number of esters is 1. The molecule has 0 heterocycles. The van der Waals surface area contributed by atoms with Gasteiger partial charge in [-0.15, -0.1) is 0 Å². The molecule has 5 heteroatoms. The van der Waals surface area contributed by atoms with Gasteiger partial charge in [-0.25, -0.2) is 0 Å². The van der Waals surface area contributed by atoms with E-state index in [1.54, 1.807) is 6.92 Å². The smallest absolute Gasteiger partial charge is 0.306 e. The van der Waals surface area contributed by atoms with E-state index in [9.17, 15) is 14.9 Å². The number of nitrogens with zero attached hydrogens (tertiary/aromatic N) is 1. The molecule has 25 heavy (non-hydrogen) atoms. The quantitative estimate of drug-likeness (QED) is 0.751. The van der Waals surface area contributed by atoms with E-state index in [-0.39, 0.29) is 29.8 Å². The fourth-order valence-electron chi connectivity index (χ4n) is 6.22. The second-order valence-electron chi connectivity index (χ2n) is 9.39. The average Bonchev–Trinajstić information content (AvgIpc) is 3.36. The molecule has 0 aromatic carbocycles. The van der Waals surface area contributed by atoms with E-state index in [0.717, 1.165) is 49.9 Å². The van der Waals surface area contributed by atoms with Gasteiger partial charge in [0.25, 0.3) is 5.91 Å². The van der Waals surface area contributed by atoms with Crippen molar-refractivity contribution in [3.8, 4) is 6.07 Å². The first-order chi connectivity index (χ1) is 11.9. The number of nitriles is 1. The Balaban J connectivity index is 1.27. The van der Waals surface area contributed by atoms with Crippen molar-refractivity contribution >= 4 is 11.9 Å². The van der Waals surface area contributed by atoms with Gasteiger partial charge in [-0.2, -0.15) is 5.26 Å². The molecular weight excluding hydrogens is 316 g/mol. The van der Waals surface area contributed by atoms with Crippen molar-refractivity contribution in [2.45, 2.75) is 70.3 Å². The second-order valence-corrected chi connectivity index (χ2v) is 9.39. The van der Waals surface area contributed by atoms with E-state index in [0.29, 0.717) is 6.42 Å². The fourth-order valence-corrected chi connectivity index (χ4v) is 6.22. The Morgan fingerprint density at radius 1 is 1.16 bits per heavy atom. The van der Waals surface area contributed by atoms with Gasteiger partial charge in [0, 0.05) is 0 Å². The van der Waals surface area contributed by atoms with Gasteiger partial charge in [-0.1, -0.05) is 0 Å². The van der Waals surface area contributed by atoms with Crippen LogP contribution in [0.1, 0.15) is 64.7 Å². The summed E-state index contributed by atoms with van der Waals surface area (Å²) in [6.07, 6.45) is 9.94. The highest BCUT2D eigenvalue weighted by Crippen LogP contribution is 2.61. The van der Waals surface area contributed by atoms with Crippen molar-refractivity contribution in [2.24, 2.45) is 29.1 Å². The first-order valence-electron chi connectivity index (χ1n) is 9.78. The summed E-state index contributed by atoms with van der Waals surface area (Å²) in [5.41, 5.74) is -0.694. The summed E-state index contributed by atoms with van der Waals surface area (Å²) in [7, 11) is 0. The van der Waals surface area contributed by atoms with Gasteiger partial charge in [0.2, 0.25) is 0 Å². The Labute approximate surface area is 149 Å². The molecule has 5 aliphatic carbocycles. The molecule has 0 spiro atoms. The molecule has 5 aliphatic rings. The van der Waals surface area contributed by atoms with Crippen molar-refractivity contribution in [3.05, 3.63) is 0 Å². The molecule has 1 atom stereocenters. The molecule has 5 saturated carbocycles. The molecule has 0 saturated heterocycles. The summed E-state index contributed by atoms with van der Waals surface area (Å²) >= 11 is 0. The van der Waals surface area contributed by atoms with Crippen LogP contribution in [0.4, 0.5) is 0 Å². The van der Waals surface area contributed by atoms with Crippen molar-refractivity contribution in [2.75, 3.05) is 6.61 Å². The highest BCUT2D eigenvalue weighted by molar-refractivity contribution is 5.81. The SMILES string of the molecule is C[C@](C#N)(NC(=O)COC(=O)CC12CC3CC(CC(C3)C1)C2)C1CC1. The normalized spacial score (nSPS) is 37.8. The summed E-state index contributed by atoms with van der Waals surface area (Å²) in [5.74, 6) is 2.02. The third-order valence-electron chi connectivity index (χ3n) is 7.07. The molecule has 0 aliphatic heterocycles. The van der Waals surface area contributed by atoms with Crippen LogP contribution in [-0.4, -0.2) is 24.0 Å². The van der Waals surface area contributed by atoms with Gasteiger partial charge >= 0.3 is 5.97 Å². The monoisotopic (exact) mass is 344 g/mol. The van der Waals surface area contributed by atoms with Crippen LogP contribution in [0.5, 0.6) is 0 Å². The zero-order chi connectivity index (χ0) is 17.7. The van der Waals surface area contributed by atoms with Gasteiger partial charge in [0.05, 0.1) is 12.5 Å². The van der Waals surface area contributed by atoms with E-state index >= 15 is 0 Å². The second kappa shape index (κ2) is 6.00. The first kappa shape index (κ1) is 16.9. The topological polar surface area (TPSA) is 79.2 Å². The number of ether oxygens (including phenoxy) is 1. The van der Waals surface area contributed by atoms with Crippen LogP contribution < -0.4 is 5.32 Å². The molecule has 5 fully saturated rings. The van der Waals surface area contributed by atoms with Gasteiger partial charge < -0.3 is 10.1 Å². The lowest BCUT2D eigenvalue weighted by atomic mass is 9.49. The summed E-state index contributed by atoms with van der Waals surface area (Å²) in [5, 5.41) is 12.0. The number of hydrogen-bond acceptors (Lipinski definition) is 4. The molecule has 0 aromatic rings. The molecule has 5 nitrogen and oxygen atoms in total.